The summed E-state index contributed by atoms with van der Waals surface area (Å²) in [6.45, 7) is 4.41. The normalized spacial score (nSPS) is 61.0. The van der Waals surface area contributed by atoms with Gasteiger partial charge in [-0.3, -0.25) is 0 Å². The molecule has 6 atom stereocenters. The molecule has 3 fully saturated rings. The zero-order chi connectivity index (χ0) is 14.4. The highest BCUT2D eigenvalue weighted by molar-refractivity contribution is 5.30. The fourth-order valence-electron chi connectivity index (χ4n) is 5.05. The van der Waals surface area contributed by atoms with Crippen molar-refractivity contribution < 1.29 is 24.8 Å². The lowest BCUT2D eigenvalue weighted by molar-refractivity contribution is -0.303. The van der Waals surface area contributed by atoms with Gasteiger partial charge in [-0.05, 0) is 19.8 Å². The number of allylic oxidation sites excluding steroid dienone is 1. The van der Waals surface area contributed by atoms with E-state index in [9.17, 15) is 15.3 Å². The van der Waals surface area contributed by atoms with Gasteiger partial charge < -0.3 is 24.8 Å². The highest BCUT2D eigenvalue weighted by Gasteiger charge is 2.80. The molecule has 3 N–H and O–H groups in total. The van der Waals surface area contributed by atoms with Gasteiger partial charge in [-0.15, -0.1) is 0 Å². The fourth-order valence-corrected chi connectivity index (χ4v) is 5.05. The van der Waals surface area contributed by atoms with Crippen molar-refractivity contribution >= 4 is 0 Å². The number of hydrogen-bond acceptors (Lipinski definition) is 5. The molecule has 2 aliphatic carbocycles. The average molecular weight is 282 g/mol. The first-order chi connectivity index (χ1) is 9.28. The van der Waals surface area contributed by atoms with Crippen molar-refractivity contribution in [3.05, 3.63) is 11.6 Å². The number of aliphatic hydroxyl groups excluding tert-OH is 1. The first kappa shape index (κ1) is 13.2. The second-order valence-electron chi connectivity index (χ2n) is 7.37. The molecule has 4 rings (SSSR count). The van der Waals surface area contributed by atoms with Crippen molar-refractivity contribution in [3.8, 4) is 0 Å². The predicted molar refractivity (Wildman–Crippen MR) is 69.7 cm³/mol. The van der Waals surface area contributed by atoms with Gasteiger partial charge >= 0.3 is 0 Å². The van der Waals surface area contributed by atoms with E-state index in [2.05, 4.69) is 13.0 Å². The Kier molecular flexibility index (Phi) is 2.29. The molecular weight excluding hydrogens is 260 g/mol. The van der Waals surface area contributed by atoms with Gasteiger partial charge in [0, 0.05) is 17.3 Å². The highest BCUT2D eigenvalue weighted by atomic mass is 16.6. The number of hydrogen-bond donors (Lipinski definition) is 3. The van der Waals surface area contributed by atoms with Crippen LogP contribution in [-0.4, -0.2) is 52.1 Å². The van der Waals surface area contributed by atoms with Crippen LogP contribution in [0.15, 0.2) is 11.6 Å². The SMILES string of the molecule is CC1=C[C@@H]2OC[C@]3(O)[C@H](O)[C@@]4(O)C[C@]3(C)[C@]2(CC1)CO4. The molecule has 1 saturated carbocycles. The summed E-state index contributed by atoms with van der Waals surface area (Å²) in [5, 5.41) is 32.0. The van der Waals surface area contributed by atoms with E-state index in [0.29, 0.717) is 6.61 Å². The van der Waals surface area contributed by atoms with Crippen LogP contribution >= 0.6 is 0 Å². The maximum absolute atomic E-state index is 11.0. The Morgan fingerprint density at radius 1 is 1.30 bits per heavy atom. The summed E-state index contributed by atoms with van der Waals surface area (Å²) >= 11 is 0. The minimum absolute atomic E-state index is 0.0343. The lowest BCUT2D eigenvalue weighted by atomic mass is 9.50. The fraction of sp³-hybridized carbons (Fsp3) is 0.867. The maximum Gasteiger partial charge on any atom is 0.195 e. The van der Waals surface area contributed by atoms with Crippen LogP contribution in [0.4, 0.5) is 0 Å². The number of ether oxygens (including phenoxy) is 2. The van der Waals surface area contributed by atoms with Crippen LogP contribution in [0.3, 0.4) is 0 Å². The lowest BCUT2D eigenvalue weighted by Crippen LogP contribution is -2.68. The number of aliphatic hydroxyl groups is 3. The van der Waals surface area contributed by atoms with Crippen molar-refractivity contribution in [2.24, 2.45) is 10.8 Å². The first-order valence-electron chi connectivity index (χ1n) is 7.33. The Hall–Kier alpha value is -0.460. The molecule has 2 heterocycles. The third kappa shape index (κ3) is 1.15. The van der Waals surface area contributed by atoms with Crippen LogP contribution < -0.4 is 0 Å². The summed E-state index contributed by atoms with van der Waals surface area (Å²) in [7, 11) is 0. The zero-order valence-corrected chi connectivity index (χ0v) is 11.9. The monoisotopic (exact) mass is 282 g/mol. The standard InChI is InChI=1S/C15H22O5/c1-9-3-4-13-7-20-15(18)6-12(13,2)14(17,11(15)16)8-19-10(13)5-9/h5,10-11,16-18H,3-4,6-8H2,1-2H3/t10-,11-,12+,13+,14-,15+/m0/s1. The van der Waals surface area contributed by atoms with E-state index in [-0.39, 0.29) is 24.5 Å². The van der Waals surface area contributed by atoms with E-state index in [1.807, 2.05) is 6.92 Å². The molecule has 4 aliphatic rings. The van der Waals surface area contributed by atoms with Crippen molar-refractivity contribution in [1.29, 1.82) is 0 Å². The van der Waals surface area contributed by atoms with Crippen molar-refractivity contribution in [3.63, 3.8) is 0 Å². The van der Waals surface area contributed by atoms with E-state index in [0.717, 1.165) is 12.8 Å². The van der Waals surface area contributed by atoms with Crippen LogP contribution in [0.5, 0.6) is 0 Å². The van der Waals surface area contributed by atoms with Crippen LogP contribution in [0.25, 0.3) is 0 Å². The molecule has 0 radical (unpaired) electrons. The highest BCUT2D eigenvalue weighted by Crippen LogP contribution is 2.69. The second kappa shape index (κ2) is 3.47. The minimum atomic E-state index is -1.65. The minimum Gasteiger partial charge on any atom is -0.384 e. The van der Waals surface area contributed by atoms with Crippen LogP contribution in [0.1, 0.15) is 33.1 Å². The summed E-state index contributed by atoms with van der Waals surface area (Å²) in [4.78, 5) is 0. The second-order valence-corrected chi connectivity index (χ2v) is 7.37. The molecule has 0 unspecified atom stereocenters. The molecule has 20 heavy (non-hydrogen) atoms. The average Bonchev–Trinajstić information content (AvgIpc) is 2.55. The Morgan fingerprint density at radius 3 is 2.80 bits per heavy atom. The van der Waals surface area contributed by atoms with Gasteiger partial charge in [-0.1, -0.05) is 18.6 Å². The van der Waals surface area contributed by atoms with E-state index in [4.69, 9.17) is 9.47 Å². The van der Waals surface area contributed by atoms with E-state index in [1.165, 1.54) is 5.57 Å². The summed E-state index contributed by atoms with van der Waals surface area (Å²) in [5.74, 6) is -1.65. The lowest BCUT2D eigenvalue weighted by Gasteiger charge is -2.61. The third-order valence-corrected chi connectivity index (χ3v) is 6.55. The molecular formula is C15H22O5. The first-order valence-corrected chi connectivity index (χ1v) is 7.33. The van der Waals surface area contributed by atoms with Crippen molar-refractivity contribution in [2.75, 3.05) is 13.2 Å². The summed E-state index contributed by atoms with van der Waals surface area (Å²) in [6, 6.07) is 0. The van der Waals surface area contributed by atoms with Gasteiger partial charge in [0.1, 0.15) is 11.7 Å². The van der Waals surface area contributed by atoms with Crippen molar-refractivity contribution in [2.45, 2.75) is 56.7 Å². The summed E-state index contributed by atoms with van der Waals surface area (Å²) < 4.78 is 11.5. The smallest absolute Gasteiger partial charge is 0.195 e. The Morgan fingerprint density at radius 2 is 2.05 bits per heavy atom. The van der Waals surface area contributed by atoms with E-state index in [1.54, 1.807) is 0 Å². The van der Waals surface area contributed by atoms with Gasteiger partial charge in [0.2, 0.25) is 0 Å². The molecule has 0 amide bonds. The Balaban J connectivity index is 1.90. The Bertz CT molecular complexity index is 504. The largest absolute Gasteiger partial charge is 0.384 e. The molecule has 0 aromatic carbocycles. The quantitative estimate of drug-likeness (QED) is 0.558. The third-order valence-electron chi connectivity index (χ3n) is 6.55. The maximum atomic E-state index is 11.0. The van der Waals surface area contributed by atoms with Crippen LogP contribution in [-0.2, 0) is 9.47 Å². The van der Waals surface area contributed by atoms with E-state index >= 15 is 0 Å². The van der Waals surface area contributed by atoms with Gasteiger partial charge in [-0.2, -0.15) is 0 Å². The molecule has 2 aliphatic heterocycles. The Labute approximate surface area is 118 Å². The topological polar surface area (TPSA) is 79.2 Å². The van der Waals surface area contributed by atoms with Gasteiger partial charge in [0.25, 0.3) is 0 Å². The van der Waals surface area contributed by atoms with Gasteiger partial charge in [0.15, 0.2) is 5.79 Å². The molecule has 112 valence electrons. The number of fused-ring (bicyclic) bond motifs is 1. The molecule has 0 aromatic heterocycles. The van der Waals surface area contributed by atoms with Crippen LogP contribution in [0.2, 0.25) is 0 Å². The molecule has 1 spiro atoms. The summed E-state index contributed by atoms with van der Waals surface area (Å²) in [5.41, 5.74) is -1.14. The predicted octanol–water partition coefficient (Wildman–Crippen LogP) is 0.332. The molecule has 0 aromatic rings. The van der Waals surface area contributed by atoms with Crippen LogP contribution in [0, 0.1) is 10.8 Å². The van der Waals surface area contributed by atoms with E-state index < -0.39 is 22.9 Å². The summed E-state index contributed by atoms with van der Waals surface area (Å²) in [6.07, 6.45) is 2.71. The van der Waals surface area contributed by atoms with Crippen molar-refractivity contribution in [1.82, 2.24) is 0 Å². The molecule has 2 bridgehead atoms. The van der Waals surface area contributed by atoms with Gasteiger partial charge in [0.05, 0.1) is 19.3 Å². The molecule has 5 nitrogen and oxygen atoms in total. The zero-order valence-electron chi connectivity index (χ0n) is 11.9. The number of rotatable bonds is 0. The molecule has 2 saturated heterocycles. The van der Waals surface area contributed by atoms with Gasteiger partial charge in [-0.25, -0.2) is 0 Å². The molecule has 5 heteroatoms.